The summed E-state index contributed by atoms with van der Waals surface area (Å²) in [4.78, 5) is 19.4. The van der Waals surface area contributed by atoms with Gasteiger partial charge in [0, 0.05) is 37.5 Å². The predicted octanol–water partition coefficient (Wildman–Crippen LogP) is 5.39. The van der Waals surface area contributed by atoms with Gasteiger partial charge in [0.1, 0.15) is 17.5 Å². The molecule has 2 aliphatic rings. The van der Waals surface area contributed by atoms with Crippen LogP contribution in [0, 0.1) is 11.6 Å². The molecule has 0 radical (unpaired) electrons. The van der Waals surface area contributed by atoms with E-state index in [1.807, 2.05) is 13.8 Å². The van der Waals surface area contributed by atoms with Crippen LogP contribution in [0.25, 0.3) is 0 Å². The predicted molar refractivity (Wildman–Crippen MR) is 140 cm³/mol. The minimum absolute atomic E-state index is 0.0173. The van der Waals surface area contributed by atoms with Gasteiger partial charge in [-0.05, 0) is 88.6 Å². The van der Waals surface area contributed by atoms with Gasteiger partial charge in [0.15, 0.2) is 5.78 Å². The number of nitrogens with zero attached hydrogens (tertiary/aromatic N) is 2. The van der Waals surface area contributed by atoms with E-state index in [0.717, 1.165) is 49.9 Å². The molecular weight excluding hydrogens is 476 g/mol. The van der Waals surface area contributed by atoms with Gasteiger partial charge in [-0.3, -0.25) is 9.69 Å². The Labute approximate surface area is 218 Å². The van der Waals surface area contributed by atoms with E-state index in [-0.39, 0.29) is 29.6 Å². The molecule has 0 amide bonds. The second kappa shape index (κ2) is 12.9. The number of rotatable bonds is 12. The van der Waals surface area contributed by atoms with Crippen molar-refractivity contribution in [1.82, 2.24) is 9.88 Å². The van der Waals surface area contributed by atoms with Crippen molar-refractivity contribution in [3.05, 3.63) is 58.3 Å². The molecule has 4 rings (SSSR count). The zero-order chi connectivity index (χ0) is 26.4. The first kappa shape index (κ1) is 27.6. The van der Waals surface area contributed by atoms with Crippen molar-refractivity contribution in [2.75, 3.05) is 31.6 Å². The number of Topliss-reactive ketones (excluding diaryl/α,β-unsaturated/α-hetero) is 1. The number of fused-ring (bicyclic) bond motifs is 1. The van der Waals surface area contributed by atoms with E-state index in [9.17, 15) is 13.6 Å². The number of nitrogens with one attached hydrogen (secondary N) is 1. The maximum atomic E-state index is 14.4. The van der Waals surface area contributed by atoms with Crippen LogP contribution in [0.15, 0.2) is 24.3 Å². The Morgan fingerprint density at radius 1 is 1.24 bits per heavy atom. The molecule has 1 aromatic heterocycles. The molecule has 2 atom stereocenters. The van der Waals surface area contributed by atoms with Crippen LogP contribution in [-0.4, -0.2) is 54.1 Å². The van der Waals surface area contributed by atoms with Crippen molar-refractivity contribution < 1.29 is 23.0 Å². The number of aryl methyl sites for hydroxylation is 1. The lowest BCUT2D eigenvalue weighted by Crippen LogP contribution is -2.33. The van der Waals surface area contributed by atoms with E-state index < -0.39 is 6.04 Å². The van der Waals surface area contributed by atoms with Crippen molar-refractivity contribution in [1.29, 1.82) is 0 Å². The van der Waals surface area contributed by atoms with E-state index in [4.69, 9.17) is 9.47 Å². The second-order valence-electron chi connectivity index (χ2n) is 10.4. The standard InChI is InChI=1S/C29H39F2N3O3/c1-19(2)37-18-21-9-10-22(30)15-26(21)28(20(3)35)34-13-11-24(17-34)36-14-5-4-7-23-16-27(31)25-8-6-12-32-29(25)33-23/h9-10,15-16,19,24,28H,4-8,11-14,17-18H2,1-3H3,(H,32,33)/t24-,28?/m1/s1. The number of benzene rings is 1. The highest BCUT2D eigenvalue weighted by Gasteiger charge is 2.33. The Kier molecular flexibility index (Phi) is 9.62. The highest BCUT2D eigenvalue weighted by Crippen LogP contribution is 2.31. The van der Waals surface area contributed by atoms with E-state index in [1.165, 1.54) is 12.1 Å². The van der Waals surface area contributed by atoms with Crippen LogP contribution < -0.4 is 5.32 Å². The zero-order valence-corrected chi connectivity index (χ0v) is 22.2. The Morgan fingerprint density at radius 3 is 2.86 bits per heavy atom. The summed E-state index contributed by atoms with van der Waals surface area (Å²) < 4.78 is 40.4. The van der Waals surface area contributed by atoms with E-state index in [0.29, 0.717) is 49.7 Å². The smallest absolute Gasteiger partial charge is 0.151 e. The topological polar surface area (TPSA) is 63.7 Å². The quantitative estimate of drug-likeness (QED) is 0.383. The van der Waals surface area contributed by atoms with Gasteiger partial charge in [-0.25, -0.2) is 13.8 Å². The van der Waals surface area contributed by atoms with Gasteiger partial charge in [-0.2, -0.15) is 0 Å². The number of ketones is 1. The third-order valence-electron chi connectivity index (χ3n) is 7.10. The highest BCUT2D eigenvalue weighted by molar-refractivity contribution is 5.83. The Morgan fingerprint density at radius 2 is 2.08 bits per heavy atom. The molecule has 1 unspecified atom stereocenters. The molecule has 1 N–H and O–H groups in total. The number of carbonyl (C=O) groups is 1. The molecule has 1 fully saturated rings. The Balaban J connectivity index is 1.28. The maximum absolute atomic E-state index is 14.4. The van der Waals surface area contributed by atoms with Crippen molar-refractivity contribution >= 4 is 11.6 Å². The lowest BCUT2D eigenvalue weighted by atomic mass is 9.96. The summed E-state index contributed by atoms with van der Waals surface area (Å²) in [6, 6.07) is 5.64. The van der Waals surface area contributed by atoms with E-state index >= 15 is 0 Å². The van der Waals surface area contributed by atoms with Crippen LogP contribution in [0.5, 0.6) is 0 Å². The minimum atomic E-state index is -0.520. The number of carbonyl (C=O) groups excluding carboxylic acids is 1. The number of halogens is 2. The number of hydrogen-bond donors (Lipinski definition) is 1. The Hall–Kier alpha value is -2.42. The fourth-order valence-corrected chi connectivity index (χ4v) is 5.24. The molecular formula is C29H39F2N3O3. The van der Waals surface area contributed by atoms with Crippen molar-refractivity contribution in [3.63, 3.8) is 0 Å². The number of hydrogen-bond acceptors (Lipinski definition) is 6. The number of pyridine rings is 1. The van der Waals surface area contributed by atoms with Crippen LogP contribution in [0.1, 0.15) is 74.9 Å². The summed E-state index contributed by atoms with van der Waals surface area (Å²) in [5.41, 5.74) is 2.98. The SMILES string of the molecule is CC(=O)C(c1cc(F)ccc1COC(C)C)N1CC[C@@H](OCCCCc2cc(F)c3c(n2)NCCC3)C1. The van der Waals surface area contributed by atoms with E-state index in [1.54, 1.807) is 19.1 Å². The monoisotopic (exact) mass is 515 g/mol. The summed E-state index contributed by atoms with van der Waals surface area (Å²) in [5, 5.41) is 3.20. The number of unbranched alkanes of at least 4 members (excludes halogenated alkanes) is 1. The van der Waals surface area contributed by atoms with Gasteiger partial charge in [0.2, 0.25) is 0 Å². The lowest BCUT2D eigenvalue weighted by molar-refractivity contribution is -0.122. The molecule has 0 spiro atoms. The maximum Gasteiger partial charge on any atom is 0.151 e. The van der Waals surface area contributed by atoms with Crippen LogP contribution >= 0.6 is 0 Å². The first-order valence-electron chi connectivity index (χ1n) is 13.5. The van der Waals surface area contributed by atoms with Gasteiger partial charge >= 0.3 is 0 Å². The van der Waals surface area contributed by atoms with E-state index in [2.05, 4.69) is 15.2 Å². The summed E-state index contributed by atoms with van der Waals surface area (Å²) in [5.74, 6) is 0.162. The number of anilines is 1. The molecule has 8 heteroatoms. The molecule has 6 nitrogen and oxygen atoms in total. The third kappa shape index (κ3) is 7.33. The average Bonchev–Trinajstić information content (AvgIpc) is 3.31. The fraction of sp³-hybridized carbons (Fsp3) is 0.586. The van der Waals surface area contributed by atoms with Crippen LogP contribution in [0.3, 0.4) is 0 Å². The first-order valence-corrected chi connectivity index (χ1v) is 13.5. The number of ether oxygens (including phenoxy) is 2. The van der Waals surface area contributed by atoms with Gasteiger partial charge in [0.05, 0.1) is 24.9 Å². The average molecular weight is 516 g/mol. The Bertz CT molecular complexity index is 1080. The molecule has 0 saturated carbocycles. The van der Waals surface area contributed by atoms with Gasteiger partial charge in [-0.15, -0.1) is 0 Å². The van der Waals surface area contributed by atoms with Crippen molar-refractivity contribution in [2.24, 2.45) is 0 Å². The molecule has 37 heavy (non-hydrogen) atoms. The molecule has 2 aliphatic heterocycles. The highest BCUT2D eigenvalue weighted by atomic mass is 19.1. The largest absolute Gasteiger partial charge is 0.377 e. The summed E-state index contributed by atoms with van der Waals surface area (Å²) in [6.07, 6.45) is 4.97. The van der Waals surface area contributed by atoms with Gasteiger partial charge in [-0.1, -0.05) is 6.07 Å². The minimum Gasteiger partial charge on any atom is -0.377 e. The normalized spacial score (nSPS) is 18.6. The molecule has 3 heterocycles. The van der Waals surface area contributed by atoms with Crippen LogP contribution in [-0.2, 0) is 33.7 Å². The third-order valence-corrected chi connectivity index (χ3v) is 7.10. The van der Waals surface area contributed by atoms with Gasteiger partial charge < -0.3 is 14.8 Å². The number of likely N-dealkylation sites (tertiary alicyclic amines) is 1. The number of aromatic nitrogens is 1. The summed E-state index contributed by atoms with van der Waals surface area (Å²) in [6.45, 7) is 8.57. The van der Waals surface area contributed by atoms with Crippen LogP contribution in [0.2, 0.25) is 0 Å². The van der Waals surface area contributed by atoms with Crippen molar-refractivity contribution in [2.45, 2.75) is 84.2 Å². The summed E-state index contributed by atoms with van der Waals surface area (Å²) in [7, 11) is 0. The molecule has 2 aromatic rings. The molecule has 0 bridgehead atoms. The van der Waals surface area contributed by atoms with Crippen LogP contribution in [0.4, 0.5) is 14.6 Å². The molecule has 0 aliphatic carbocycles. The first-order chi connectivity index (χ1) is 17.8. The van der Waals surface area contributed by atoms with Crippen molar-refractivity contribution in [3.8, 4) is 0 Å². The second-order valence-corrected chi connectivity index (χ2v) is 10.4. The molecule has 202 valence electrons. The molecule has 1 saturated heterocycles. The zero-order valence-electron chi connectivity index (χ0n) is 22.2. The summed E-state index contributed by atoms with van der Waals surface area (Å²) >= 11 is 0. The fourth-order valence-electron chi connectivity index (χ4n) is 5.24. The molecule has 1 aromatic carbocycles. The lowest BCUT2D eigenvalue weighted by Gasteiger charge is -2.28. The van der Waals surface area contributed by atoms with Gasteiger partial charge in [0.25, 0.3) is 0 Å².